The fraction of sp³-hybridized carbons (Fsp3) is 0.118. The lowest BCUT2D eigenvalue weighted by molar-refractivity contribution is -0.119. The van der Waals surface area contributed by atoms with Crippen LogP contribution in [-0.4, -0.2) is 29.0 Å². The third kappa shape index (κ3) is 3.47. The second-order valence-electron chi connectivity index (χ2n) is 4.72. The van der Waals surface area contributed by atoms with E-state index >= 15 is 0 Å². The fourth-order valence-electron chi connectivity index (χ4n) is 2.10. The SMILES string of the molecule is C#CCNC(=O)CNc1nc(-c2cccs2)nc2ccccc12. The summed E-state index contributed by atoms with van der Waals surface area (Å²) < 4.78 is 0. The predicted molar refractivity (Wildman–Crippen MR) is 93.2 cm³/mol. The number of nitrogens with one attached hydrogen (secondary N) is 2. The van der Waals surface area contributed by atoms with Gasteiger partial charge in [0.2, 0.25) is 5.91 Å². The van der Waals surface area contributed by atoms with Gasteiger partial charge < -0.3 is 10.6 Å². The average molecular weight is 322 g/mol. The standard InChI is InChI=1S/C17H14N4OS/c1-2-9-18-15(22)11-19-16-12-6-3-4-7-13(12)20-17(21-16)14-8-5-10-23-14/h1,3-8,10H,9,11H2,(H,18,22)(H,19,20,21). The molecule has 0 aliphatic carbocycles. The van der Waals surface area contributed by atoms with Crippen molar-refractivity contribution >= 4 is 34.0 Å². The van der Waals surface area contributed by atoms with Crippen molar-refractivity contribution in [2.45, 2.75) is 0 Å². The number of carbonyl (C=O) groups is 1. The highest BCUT2D eigenvalue weighted by Gasteiger charge is 2.10. The monoisotopic (exact) mass is 322 g/mol. The fourth-order valence-corrected chi connectivity index (χ4v) is 2.76. The molecule has 2 heterocycles. The Labute approximate surface area is 137 Å². The number of amides is 1. The first-order chi connectivity index (χ1) is 11.3. The Hall–Kier alpha value is -2.91. The van der Waals surface area contributed by atoms with Crippen molar-refractivity contribution in [3.05, 3.63) is 41.8 Å². The maximum Gasteiger partial charge on any atom is 0.240 e. The molecule has 3 rings (SSSR count). The Morgan fingerprint density at radius 1 is 1.22 bits per heavy atom. The number of carbonyl (C=O) groups excluding carboxylic acids is 1. The van der Waals surface area contributed by atoms with Crippen molar-refractivity contribution in [1.29, 1.82) is 0 Å². The first-order valence-corrected chi connectivity index (χ1v) is 7.90. The van der Waals surface area contributed by atoms with Crippen molar-refractivity contribution < 1.29 is 4.79 Å². The van der Waals surface area contributed by atoms with Gasteiger partial charge in [-0.05, 0) is 23.6 Å². The molecule has 5 nitrogen and oxygen atoms in total. The first kappa shape index (κ1) is 15.0. The number of fused-ring (bicyclic) bond motifs is 1. The van der Waals surface area contributed by atoms with Gasteiger partial charge in [0.1, 0.15) is 5.82 Å². The number of thiophene rings is 1. The van der Waals surface area contributed by atoms with Crippen LogP contribution in [0.3, 0.4) is 0 Å². The number of hydrogen-bond acceptors (Lipinski definition) is 5. The van der Waals surface area contributed by atoms with Crippen LogP contribution in [0.25, 0.3) is 21.6 Å². The quantitative estimate of drug-likeness (QED) is 0.708. The highest BCUT2D eigenvalue weighted by molar-refractivity contribution is 7.13. The van der Waals surface area contributed by atoms with Crippen LogP contribution in [0.2, 0.25) is 0 Å². The Morgan fingerprint density at radius 3 is 2.87 bits per heavy atom. The molecule has 0 fully saturated rings. The number of rotatable bonds is 5. The molecule has 3 aromatic rings. The molecule has 0 atom stereocenters. The van der Waals surface area contributed by atoms with E-state index in [1.54, 1.807) is 11.3 Å². The molecule has 0 aliphatic rings. The molecule has 0 spiro atoms. The molecule has 2 aromatic heterocycles. The molecule has 114 valence electrons. The molecule has 0 bridgehead atoms. The van der Waals surface area contributed by atoms with E-state index in [0.29, 0.717) is 11.6 Å². The van der Waals surface area contributed by atoms with E-state index in [1.165, 1.54) is 0 Å². The number of aromatic nitrogens is 2. The van der Waals surface area contributed by atoms with Gasteiger partial charge in [0.15, 0.2) is 5.82 Å². The van der Waals surface area contributed by atoms with E-state index in [9.17, 15) is 4.79 Å². The lowest BCUT2D eigenvalue weighted by Crippen LogP contribution is -2.30. The van der Waals surface area contributed by atoms with Crippen LogP contribution in [-0.2, 0) is 4.79 Å². The summed E-state index contributed by atoms with van der Waals surface area (Å²) in [6, 6.07) is 11.6. The summed E-state index contributed by atoms with van der Waals surface area (Å²) in [6.45, 7) is 0.318. The van der Waals surface area contributed by atoms with E-state index in [0.717, 1.165) is 15.8 Å². The summed E-state index contributed by atoms with van der Waals surface area (Å²) in [5.41, 5.74) is 0.831. The Morgan fingerprint density at radius 2 is 2.09 bits per heavy atom. The topological polar surface area (TPSA) is 66.9 Å². The zero-order valence-corrected chi connectivity index (χ0v) is 13.1. The number of hydrogen-bond donors (Lipinski definition) is 2. The Balaban J connectivity index is 1.91. The minimum Gasteiger partial charge on any atom is -0.360 e. The third-order valence-corrected chi connectivity index (χ3v) is 4.01. The van der Waals surface area contributed by atoms with Crippen molar-refractivity contribution in [3.8, 4) is 23.0 Å². The molecular weight excluding hydrogens is 308 g/mol. The highest BCUT2D eigenvalue weighted by Crippen LogP contribution is 2.27. The van der Waals surface area contributed by atoms with E-state index in [2.05, 4.69) is 26.5 Å². The second-order valence-corrected chi connectivity index (χ2v) is 5.67. The molecule has 1 amide bonds. The minimum absolute atomic E-state index is 0.104. The van der Waals surface area contributed by atoms with E-state index in [1.807, 2.05) is 41.8 Å². The lowest BCUT2D eigenvalue weighted by atomic mass is 10.2. The van der Waals surface area contributed by atoms with Crippen molar-refractivity contribution in [1.82, 2.24) is 15.3 Å². The van der Waals surface area contributed by atoms with Crippen LogP contribution in [0.1, 0.15) is 0 Å². The minimum atomic E-state index is -0.177. The van der Waals surface area contributed by atoms with Gasteiger partial charge in [-0.3, -0.25) is 4.79 Å². The van der Waals surface area contributed by atoms with E-state index in [4.69, 9.17) is 6.42 Å². The van der Waals surface area contributed by atoms with Crippen LogP contribution in [0.15, 0.2) is 41.8 Å². The van der Waals surface area contributed by atoms with Crippen LogP contribution < -0.4 is 10.6 Å². The van der Waals surface area contributed by atoms with Gasteiger partial charge in [-0.1, -0.05) is 24.1 Å². The van der Waals surface area contributed by atoms with Gasteiger partial charge in [0, 0.05) is 5.39 Å². The number of benzene rings is 1. The van der Waals surface area contributed by atoms with Crippen LogP contribution in [0, 0.1) is 12.3 Å². The number of anilines is 1. The van der Waals surface area contributed by atoms with Gasteiger partial charge in [0.05, 0.1) is 23.5 Å². The summed E-state index contributed by atoms with van der Waals surface area (Å²) in [7, 11) is 0. The van der Waals surface area contributed by atoms with Crippen molar-refractivity contribution in [2.24, 2.45) is 0 Å². The zero-order chi connectivity index (χ0) is 16.1. The Bertz CT molecular complexity index is 868. The summed E-state index contributed by atoms with van der Waals surface area (Å²) in [5, 5.41) is 8.54. The van der Waals surface area contributed by atoms with E-state index < -0.39 is 0 Å². The number of para-hydroxylation sites is 1. The summed E-state index contributed by atoms with van der Waals surface area (Å²) >= 11 is 1.57. The molecule has 0 unspecified atom stereocenters. The molecular formula is C17H14N4OS. The number of nitrogens with zero attached hydrogens (tertiary/aromatic N) is 2. The molecule has 1 aromatic carbocycles. The first-order valence-electron chi connectivity index (χ1n) is 7.02. The largest absolute Gasteiger partial charge is 0.360 e. The van der Waals surface area contributed by atoms with E-state index in [-0.39, 0.29) is 19.0 Å². The molecule has 23 heavy (non-hydrogen) atoms. The summed E-state index contributed by atoms with van der Waals surface area (Å²) in [5.74, 6) is 3.47. The van der Waals surface area contributed by atoms with Gasteiger partial charge in [-0.15, -0.1) is 17.8 Å². The van der Waals surface area contributed by atoms with Gasteiger partial charge >= 0.3 is 0 Å². The van der Waals surface area contributed by atoms with Crippen molar-refractivity contribution in [3.63, 3.8) is 0 Å². The lowest BCUT2D eigenvalue weighted by Gasteiger charge is -2.10. The zero-order valence-electron chi connectivity index (χ0n) is 12.2. The van der Waals surface area contributed by atoms with Gasteiger partial charge in [-0.25, -0.2) is 9.97 Å². The summed E-state index contributed by atoms with van der Waals surface area (Å²) in [6.07, 6.45) is 5.13. The molecule has 0 saturated carbocycles. The molecule has 0 aliphatic heterocycles. The van der Waals surface area contributed by atoms with Crippen LogP contribution in [0.5, 0.6) is 0 Å². The maximum absolute atomic E-state index is 11.7. The van der Waals surface area contributed by atoms with Crippen LogP contribution in [0.4, 0.5) is 5.82 Å². The normalized spacial score (nSPS) is 10.2. The Kier molecular flexibility index (Phi) is 4.50. The van der Waals surface area contributed by atoms with Gasteiger partial charge in [-0.2, -0.15) is 0 Å². The average Bonchev–Trinajstić information content (AvgIpc) is 3.12. The maximum atomic E-state index is 11.7. The molecule has 2 N–H and O–H groups in total. The molecule has 6 heteroatoms. The predicted octanol–water partition coefficient (Wildman–Crippen LogP) is 2.52. The third-order valence-electron chi connectivity index (χ3n) is 3.15. The molecule has 0 radical (unpaired) electrons. The van der Waals surface area contributed by atoms with Gasteiger partial charge in [0.25, 0.3) is 0 Å². The highest BCUT2D eigenvalue weighted by atomic mass is 32.1. The molecule has 0 saturated heterocycles. The summed E-state index contributed by atoms with van der Waals surface area (Å²) in [4.78, 5) is 21.8. The number of terminal acetylenes is 1. The smallest absolute Gasteiger partial charge is 0.240 e. The van der Waals surface area contributed by atoms with Crippen LogP contribution >= 0.6 is 11.3 Å². The second kappa shape index (κ2) is 6.90. The van der Waals surface area contributed by atoms with Crippen molar-refractivity contribution in [2.75, 3.05) is 18.4 Å².